The molecule has 0 aromatic heterocycles. The van der Waals surface area contributed by atoms with Crippen LogP contribution in [-0.2, 0) is 9.53 Å². The molecule has 2 atom stereocenters. The van der Waals surface area contributed by atoms with Crippen LogP contribution in [0, 0.1) is 6.92 Å². The molecule has 2 heterocycles. The molecule has 2 aliphatic heterocycles. The number of ketones is 1. The number of ether oxygens (including phenoxy) is 1. The number of carbonyl (C=O) groups is 2. The van der Waals surface area contributed by atoms with Crippen molar-refractivity contribution in [3.05, 3.63) is 65.2 Å². The standard InChI is InChI=1S/C18H15NO3/c1-11-7-9-13(10-8-11)17-18(22-17)16(21)14-5-3-4-6-15(14)19(18)12(2)20/h3-10,17H,1-2H3/t17-,18-/m1/s1. The summed E-state index contributed by atoms with van der Waals surface area (Å²) in [6, 6.07) is 15.0. The van der Waals surface area contributed by atoms with Crippen molar-refractivity contribution in [1.82, 2.24) is 0 Å². The fourth-order valence-electron chi connectivity index (χ4n) is 3.26. The fourth-order valence-corrected chi connectivity index (χ4v) is 3.26. The van der Waals surface area contributed by atoms with Crippen LogP contribution >= 0.6 is 0 Å². The van der Waals surface area contributed by atoms with Crippen LogP contribution < -0.4 is 4.90 Å². The van der Waals surface area contributed by atoms with E-state index in [1.54, 1.807) is 18.2 Å². The number of para-hydroxylation sites is 1. The quantitative estimate of drug-likeness (QED) is 0.759. The Morgan fingerprint density at radius 1 is 1.14 bits per heavy atom. The number of epoxide rings is 1. The van der Waals surface area contributed by atoms with Crippen molar-refractivity contribution in [3.63, 3.8) is 0 Å². The highest BCUT2D eigenvalue weighted by atomic mass is 16.6. The topological polar surface area (TPSA) is 49.9 Å². The lowest BCUT2D eigenvalue weighted by atomic mass is 10.00. The molecule has 4 rings (SSSR count). The fraction of sp³-hybridized carbons (Fsp3) is 0.222. The average molecular weight is 293 g/mol. The molecule has 110 valence electrons. The highest BCUT2D eigenvalue weighted by Gasteiger charge is 2.72. The molecule has 2 aromatic carbocycles. The molecule has 0 bridgehead atoms. The Morgan fingerprint density at radius 2 is 1.82 bits per heavy atom. The lowest BCUT2D eigenvalue weighted by Crippen LogP contribution is -2.43. The first-order valence-electron chi connectivity index (χ1n) is 7.24. The molecule has 1 amide bonds. The molecule has 0 radical (unpaired) electrons. The van der Waals surface area contributed by atoms with E-state index in [1.807, 2.05) is 37.3 Å². The summed E-state index contributed by atoms with van der Waals surface area (Å²) < 4.78 is 5.82. The van der Waals surface area contributed by atoms with E-state index in [4.69, 9.17) is 4.74 Å². The van der Waals surface area contributed by atoms with Crippen molar-refractivity contribution in [2.75, 3.05) is 4.90 Å². The zero-order valence-electron chi connectivity index (χ0n) is 12.4. The Labute approximate surface area is 128 Å². The van der Waals surface area contributed by atoms with Crippen LogP contribution in [0.4, 0.5) is 5.69 Å². The first-order chi connectivity index (χ1) is 10.6. The van der Waals surface area contributed by atoms with E-state index in [0.29, 0.717) is 11.3 Å². The maximum Gasteiger partial charge on any atom is 0.244 e. The number of hydrogen-bond donors (Lipinski definition) is 0. The summed E-state index contributed by atoms with van der Waals surface area (Å²) in [7, 11) is 0. The van der Waals surface area contributed by atoms with Crippen LogP contribution in [0.5, 0.6) is 0 Å². The number of hydrogen-bond acceptors (Lipinski definition) is 3. The smallest absolute Gasteiger partial charge is 0.244 e. The minimum absolute atomic E-state index is 0.135. The predicted molar refractivity (Wildman–Crippen MR) is 81.7 cm³/mol. The molecule has 4 heteroatoms. The molecule has 2 aromatic rings. The predicted octanol–water partition coefficient (Wildman–Crippen LogP) is 3.01. The second kappa shape index (κ2) is 4.27. The van der Waals surface area contributed by atoms with E-state index in [0.717, 1.165) is 11.1 Å². The zero-order chi connectivity index (χ0) is 15.5. The van der Waals surface area contributed by atoms with Gasteiger partial charge < -0.3 is 4.74 Å². The molecule has 1 saturated heterocycles. The molecule has 1 spiro atoms. The summed E-state index contributed by atoms with van der Waals surface area (Å²) in [6.45, 7) is 3.47. The second-order valence-electron chi connectivity index (χ2n) is 5.81. The number of fused-ring (bicyclic) bond motifs is 1. The lowest BCUT2D eigenvalue weighted by Gasteiger charge is -2.20. The van der Waals surface area contributed by atoms with Gasteiger partial charge in [-0.15, -0.1) is 0 Å². The normalized spacial score (nSPS) is 25.5. The molecule has 22 heavy (non-hydrogen) atoms. The Balaban J connectivity index is 1.81. The summed E-state index contributed by atoms with van der Waals surface area (Å²) in [4.78, 5) is 26.5. The largest absolute Gasteiger partial charge is 0.332 e. The minimum atomic E-state index is -1.19. The number of amides is 1. The van der Waals surface area contributed by atoms with Crippen LogP contribution in [0.2, 0.25) is 0 Å². The van der Waals surface area contributed by atoms with Gasteiger partial charge in [-0.1, -0.05) is 42.0 Å². The second-order valence-corrected chi connectivity index (χ2v) is 5.81. The van der Waals surface area contributed by atoms with Gasteiger partial charge in [0, 0.05) is 12.5 Å². The molecule has 0 aliphatic carbocycles. The average Bonchev–Trinajstić information content (AvgIpc) is 3.17. The Hall–Kier alpha value is -2.46. The van der Waals surface area contributed by atoms with Gasteiger partial charge in [-0.25, -0.2) is 0 Å². The molecular formula is C18H15NO3. The summed E-state index contributed by atoms with van der Waals surface area (Å²) in [5.74, 6) is -0.322. The first-order valence-corrected chi connectivity index (χ1v) is 7.24. The van der Waals surface area contributed by atoms with Gasteiger partial charge in [0.2, 0.25) is 17.4 Å². The van der Waals surface area contributed by atoms with Crippen LogP contribution in [0.3, 0.4) is 0 Å². The Kier molecular flexibility index (Phi) is 2.57. The number of anilines is 1. The molecule has 0 N–H and O–H groups in total. The van der Waals surface area contributed by atoms with Crippen molar-refractivity contribution in [2.24, 2.45) is 0 Å². The van der Waals surface area contributed by atoms with Crippen molar-refractivity contribution >= 4 is 17.4 Å². The van der Waals surface area contributed by atoms with Gasteiger partial charge in [0.05, 0.1) is 5.69 Å². The summed E-state index contributed by atoms with van der Waals surface area (Å²) >= 11 is 0. The van der Waals surface area contributed by atoms with E-state index in [9.17, 15) is 9.59 Å². The van der Waals surface area contributed by atoms with Crippen LogP contribution in [-0.4, -0.2) is 17.4 Å². The van der Waals surface area contributed by atoms with E-state index in [1.165, 1.54) is 11.8 Å². The lowest BCUT2D eigenvalue weighted by molar-refractivity contribution is -0.117. The first kappa shape index (κ1) is 13.2. The maximum atomic E-state index is 12.8. The Morgan fingerprint density at radius 3 is 2.50 bits per heavy atom. The van der Waals surface area contributed by atoms with Crippen LogP contribution in [0.25, 0.3) is 0 Å². The van der Waals surface area contributed by atoms with Crippen LogP contribution in [0.15, 0.2) is 48.5 Å². The van der Waals surface area contributed by atoms with Gasteiger partial charge in [-0.2, -0.15) is 0 Å². The van der Waals surface area contributed by atoms with Gasteiger partial charge in [0.25, 0.3) is 0 Å². The minimum Gasteiger partial charge on any atom is -0.332 e. The van der Waals surface area contributed by atoms with Crippen molar-refractivity contribution in [2.45, 2.75) is 25.7 Å². The van der Waals surface area contributed by atoms with E-state index in [2.05, 4.69) is 0 Å². The number of aryl methyl sites for hydroxylation is 1. The van der Waals surface area contributed by atoms with Crippen molar-refractivity contribution in [3.8, 4) is 0 Å². The van der Waals surface area contributed by atoms with Gasteiger partial charge in [-0.05, 0) is 24.6 Å². The zero-order valence-corrected chi connectivity index (χ0v) is 12.4. The van der Waals surface area contributed by atoms with Gasteiger partial charge in [0.1, 0.15) is 6.10 Å². The summed E-state index contributed by atoms with van der Waals surface area (Å²) in [5.41, 5.74) is 2.05. The Bertz CT molecular complexity index is 796. The number of Topliss-reactive ketones (excluding diaryl/α,β-unsaturated/α-hetero) is 1. The molecule has 2 aliphatic rings. The summed E-state index contributed by atoms with van der Waals surface area (Å²) in [6.07, 6.45) is -0.406. The molecule has 0 saturated carbocycles. The number of rotatable bonds is 1. The highest BCUT2D eigenvalue weighted by molar-refractivity contribution is 6.21. The number of nitrogens with zero attached hydrogens (tertiary/aromatic N) is 1. The van der Waals surface area contributed by atoms with Crippen LogP contribution in [0.1, 0.15) is 34.5 Å². The van der Waals surface area contributed by atoms with Crippen molar-refractivity contribution in [1.29, 1.82) is 0 Å². The number of benzene rings is 2. The van der Waals surface area contributed by atoms with E-state index in [-0.39, 0.29) is 11.7 Å². The molecule has 0 unspecified atom stereocenters. The summed E-state index contributed by atoms with van der Waals surface area (Å²) in [5, 5.41) is 0. The highest BCUT2D eigenvalue weighted by Crippen LogP contribution is 2.59. The van der Waals surface area contributed by atoms with E-state index < -0.39 is 11.8 Å². The monoisotopic (exact) mass is 293 g/mol. The third-order valence-corrected chi connectivity index (χ3v) is 4.34. The maximum absolute atomic E-state index is 12.8. The molecule has 1 fully saturated rings. The molecular weight excluding hydrogens is 278 g/mol. The third kappa shape index (κ3) is 1.56. The van der Waals surface area contributed by atoms with Gasteiger partial charge in [0.15, 0.2) is 0 Å². The van der Waals surface area contributed by atoms with E-state index >= 15 is 0 Å². The SMILES string of the molecule is CC(=O)N1c2ccccc2C(=O)[C@]12O[C@@H]2c1ccc(C)cc1. The molecule has 4 nitrogen and oxygen atoms in total. The van der Waals surface area contributed by atoms with Gasteiger partial charge in [-0.3, -0.25) is 14.5 Å². The van der Waals surface area contributed by atoms with Crippen molar-refractivity contribution < 1.29 is 14.3 Å². The third-order valence-electron chi connectivity index (χ3n) is 4.34. The number of carbonyl (C=O) groups excluding carboxylic acids is 2. The van der Waals surface area contributed by atoms with Gasteiger partial charge >= 0.3 is 0 Å².